The molecule has 1 N–H and O–H groups in total. The SMILES string of the molecule is COc1cc(C(=O)N/N=C\c2ccccn2)cc(OC)c1OC. The molecule has 2 rings (SSSR count). The zero-order valence-corrected chi connectivity index (χ0v) is 13.1. The summed E-state index contributed by atoms with van der Waals surface area (Å²) in [6, 6.07) is 8.50. The third-order valence-corrected chi connectivity index (χ3v) is 2.98. The third-order valence-electron chi connectivity index (χ3n) is 2.98. The average Bonchev–Trinajstić information content (AvgIpc) is 2.61. The lowest BCUT2D eigenvalue weighted by Crippen LogP contribution is -2.18. The van der Waals surface area contributed by atoms with E-state index in [1.807, 2.05) is 6.07 Å². The van der Waals surface area contributed by atoms with Crippen LogP contribution in [-0.4, -0.2) is 38.4 Å². The fourth-order valence-electron chi connectivity index (χ4n) is 1.89. The molecule has 1 aromatic carbocycles. The molecule has 7 heteroatoms. The zero-order chi connectivity index (χ0) is 16.7. The topological polar surface area (TPSA) is 82.0 Å². The first-order chi connectivity index (χ1) is 11.2. The molecule has 0 saturated carbocycles. The number of nitrogens with zero attached hydrogens (tertiary/aromatic N) is 2. The molecule has 23 heavy (non-hydrogen) atoms. The lowest BCUT2D eigenvalue weighted by Gasteiger charge is -2.13. The lowest BCUT2D eigenvalue weighted by atomic mass is 10.1. The molecule has 120 valence electrons. The number of hydrazone groups is 1. The van der Waals surface area contributed by atoms with Gasteiger partial charge in [0.25, 0.3) is 5.91 Å². The predicted octanol–water partition coefficient (Wildman–Crippen LogP) is 1.87. The van der Waals surface area contributed by atoms with E-state index in [0.717, 1.165) is 0 Å². The summed E-state index contributed by atoms with van der Waals surface area (Å²) in [7, 11) is 4.47. The molecule has 2 aromatic rings. The first-order valence-electron chi connectivity index (χ1n) is 6.74. The van der Waals surface area contributed by atoms with Crippen molar-refractivity contribution in [1.82, 2.24) is 10.4 Å². The normalized spacial score (nSPS) is 10.4. The Hall–Kier alpha value is -3.09. The van der Waals surface area contributed by atoms with Crippen molar-refractivity contribution in [3.8, 4) is 17.2 Å². The second-order valence-electron chi connectivity index (χ2n) is 4.37. The highest BCUT2D eigenvalue weighted by molar-refractivity contribution is 5.96. The molecule has 0 radical (unpaired) electrons. The largest absolute Gasteiger partial charge is 0.493 e. The smallest absolute Gasteiger partial charge is 0.271 e. The van der Waals surface area contributed by atoms with Crippen LogP contribution < -0.4 is 19.6 Å². The molecule has 0 aliphatic rings. The van der Waals surface area contributed by atoms with E-state index in [1.54, 1.807) is 30.5 Å². The third kappa shape index (κ3) is 3.97. The van der Waals surface area contributed by atoms with Crippen LogP contribution in [0.2, 0.25) is 0 Å². The number of rotatable bonds is 6. The quantitative estimate of drug-likeness (QED) is 0.650. The highest BCUT2D eigenvalue weighted by Crippen LogP contribution is 2.38. The molecular formula is C16H17N3O4. The number of pyridine rings is 1. The van der Waals surface area contributed by atoms with Crippen LogP contribution in [0.1, 0.15) is 16.1 Å². The maximum atomic E-state index is 12.2. The van der Waals surface area contributed by atoms with Crippen LogP contribution in [0.5, 0.6) is 17.2 Å². The molecular weight excluding hydrogens is 298 g/mol. The van der Waals surface area contributed by atoms with Gasteiger partial charge in [-0.05, 0) is 24.3 Å². The van der Waals surface area contributed by atoms with Gasteiger partial charge in [-0.1, -0.05) is 6.07 Å². The van der Waals surface area contributed by atoms with Gasteiger partial charge in [0, 0.05) is 11.8 Å². The number of aromatic nitrogens is 1. The maximum absolute atomic E-state index is 12.2. The van der Waals surface area contributed by atoms with E-state index in [1.165, 1.54) is 27.5 Å². The Bertz CT molecular complexity index is 677. The highest BCUT2D eigenvalue weighted by Gasteiger charge is 2.16. The summed E-state index contributed by atoms with van der Waals surface area (Å²) in [6.45, 7) is 0. The minimum Gasteiger partial charge on any atom is -0.493 e. The fourth-order valence-corrected chi connectivity index (χ4v) is 1.89. The van der Waals surface area contributed by atoms with Crippen molar-refractivity contribution >= 4 is 12.1 Å². The number of carbonyl (C=O) groups is 1. The molecule has 7 nitrogen and oxygen atoms in total. The minimum atomic E-state index is -0.406. The number of ether oxygens (including phenoxy) is 3. The van der Waals surface area contributed by atoms with Gasteiger partial charge in [0.05, 0.1) is 33.2 Å². The van der Waals surface area contributed by atoms with Crippen molar-refractivity contribution < 1.29 is 19.0 Å². The van der Waals surface area contributed by atoms with Gasteiger partial charge in [-0.2, -0.15) is 5.10 Å². The van der Waals surface area contributed by atoms with Crippen LogP contribution in [0.25, 0.3) is 0 Å². The summed E-state index contributed by atoms with van der Waals surface area (Å²) in [5.41, 5.74) is 3.39. The molecule has 0 unspecified atom stereocenters. The predicted molar refractivity (Wildman–Crippen MR) is 85.4 cm³/mol. The number of carbonyl (C=O) groups excluding carboxylic acids is 1. The molecule has 0 fully saturated rings. The van der Waals surface area contributed by atoms with Gasteiger partial charge in [0.1, 0.15) is 0 Å². The van der Waals surface area contributed by atoms with Crippen LogP contribution in [-0.2, 0) is 0 Å². The van der Waals surface area contributed by atoms with Crippen molar-refractivity contribution in [3.05, 3.63) is 47.8 Å². The standard InChI is InChI=1S/C16H17N3O4/c1-21-13-8-11(9-14(22-2)15(13)23-3)16(20)19-18-10-12-6-4-5-7-17-12/h4-10H,1-3H3,(H,19,20)/b18-10-. The summed E-state index contributed by atoms with van der Waals surface area (Å²) in [6.07, 6.45) is 3.10. The zero-order valence-electron chi connectivity index (χ0n) is 13.1. The lowest BCUT2D eigenvalue weighted by molar-refractivity contribution is 0.0954. The number of hydrogen-bond acceptors (Lipinski definition) is 6. The molecule has 1 aromatic heterocycles. The van der Waals surface area contributed by atoms with Gasteiger partial charge in [-0.25, -0.2) is 5.43 Å². The summed E-state index contributed by atoms with van der Waals surface area (Å²) >= 11 is 0. The highest BCUT2D eigenvalue weighted by atomic mass is 16.5. The molecule has 0 atom stereocenters. The molecule has 0 bridgehead atoms. The summed E-state index contributed by atoms with van der Waals surface area (Å²) < 4.78 is 15.6. The van der Waals surface area contributed by atoms with Gasteiger partial charge in [0.15, 0.2) is 11.5 Å². The average molecular weight is 315 g/mol. The van der Waals surface area contributed by atoms with Gasteiger partial charge in [-0.3, -0.25) is 9.78 Å². The van der Waals surface area contributed by atoms with Crippen LogP contribution in [0.4, 0.5) is 0 Å². The first-order valence-corrected chi connectivity index (χ1v) is 6.74. The van der Waals surface area contributed by atoms with Gasteiger partial charge >= 0.3 is 0 Å². The maximum Gasteiger partial charge on any atom is 0.271 e. The summed E-state index contributed by atoms with van der Waals surface area (Å²) in [4.78, 5) is 16.2. The van der Waals surface area contributed by atoms with Gasteiger partial charge in [-0.15, -0.1) is 0 Å². The molecule has 0 aliphatic heterocycles. The van der Waals surface area contributed by atoms with Crippen LogP contribution in [0, 0.1) is 0 Å². The Morgan fingerprint density at radius 3 is 2.35 bits per heavy atom. The Labute approximate surface area is 133 Å². The van der Waals surface area contributed by atoms with Gasteiger partial charge in [0.2, 0.25) is 5.75 Å². The van der Waals surface area contributed by atoms with Gasteiger partial charge < -0.3 is 14.2 Å². The van der Waals surface area contributed by atoms with Crippen LogP contribution in [0.15, 0.2) is 41.6 Å². The van der Waals surface area contributed by atoms with Crippen molar-refractivity contribution in [2.45, 2.75) is 0 Å². The van der Waals surface area contributed by atoms with E-state index in [-0.39, 0.29) is 0 Å². The monoisotopic (exact) mass is 315 g/mol. The number of benzene rings is 1. The Morgan fingerprint density at radius 1 is 1.13 bits per heavy atom. The van der Waals surface area contributed by atoms with E-state index in [9.17, 15) is 4.79 Å². The van der Waals surface area contributed by atoms with Crippen molar-refractivity contribution in [2.75, 3.05) is 21.3 Å². The number of nitrogens with one attached hydrogen (secondary N) is 1. The molecule has 0 saturated heterocycles. The molecule has 1 amide bonds. The Kier molecular flexibility index (Phi) is 5.51. The van der Waals surface area contributed by atoms with E-state index < -0.39 is 5.91 Å². The first kappa shape index (κ1) is 16.3. The summed E-state index contributed by atoms with van der Waals surface area (Å²) in [5.74, 6) is 0.802. The molecule has 0 aliphatic carbocycles. The molecule has 1 heterocycles. The second kappa shape index (κ2) is 7.79. The number of methoxy groups -OCH3 is 3. The van der Waals surface area contributed by atoms with E-state index in [2.05, 4.69) is 15.5 Å². The van der Waals surface area contributed by atoms with Crippen LogP contribution >= 0.6 is 0 Å². The van der Waals surface area contributed by atoms with E-state index in [0.29, 0.717) is 28.5 Å². The van der Waals surface area contributed by atoms with E-state index >= 15 is 0 Å². The Balaban J connectivity index is 2.17. The van der Waals surface area contributed by atoms with Crippen LogP contribution in [0.3, 0.4) is 0 Å². The Morgan fingerprint density at radius 2 is 1.83 bits per heavy atom. The van der Waals surface area contributed by atoms with Crippen molar-refractivity contribution in [1.29, 1.82) is 0 Å². The van der Waals surface area contributed by atoms with Crippen molar-refractivity contribution in [2.24, 2.45) is 5.10 Å². The van der Waals surface area contributed by atoms with E-state index in [4.69, 9.17) is 14.2 Å². The fraction of sp³-hybridized carbons (Fsp3) is 0.188. The number of hydrogen-bond donors (Lipinski definition) is 1. The minimum absolute atomic E-state index is 0.331. The summed E-state index contributed by atoms with van der Waals surface area (Å²) in [5, 5.41) is 3.87. The number of amides is 1. The second-order valence-corrected chi connectivity index (χ2v) is 4.37. The van der Waals surface area contributed by atoms with Crippen molar-refractivity contribution in [3.63, 3.8) is 0 Å². The molecule has 0 spiro atoms.